The number of rotatable bonds is 8. The van der Waals surface area contributed by atoms with Crippen LogP contribution in [0.3, 0.4) is 0 Å². The summed E-state index contributed by atoms with van der Waals surface area (Å²) < 4.78 is 0. The number of allylic oxidation sites excluding steroid dienone is 1. The van der Waals surface area contributed by atoms with E-state index in [1.165, 1.54) is 38.5 Å². The Morgan fingerprint density at radius 2 is 1.81 bits per heavy atom. The second-order valence-corrected chi connectivity index (χ2v) is 4.63. The van der Waals surface area contributed by atoms with Crippen molar-refractivity contribution in [1.29, 1.82) is 0 Å². The van der Waals surface area contributed by atoms with Crippen LogP contribution in [0, 0.1) is 0 Å². The van der Waals surface area contributed by atoms with Gasteiger partial charge in [-0.25, -0.2) is 0 Å². The van der Waals surface area contributed by atoms with E-state index in [0.29, 0.717) is 12.3 Å². The van der Waals surface area contributed by atoms with E-state index in [1.54, 1.807) is 0 Å². The first kappa shape index (κ1) is 13.3. The summed E-state index contributed by atoms with van der Waals surface area (Å²) in [5, 5.41) is 0. The molecule has 0 radical (unpaired) electrons. The van der Waals surface area contributed by atoms with E-state index in [-0.39, 0.29) is 0 Å². The van der Waals surface area contributed by atoms with E-state index in [1.807, 2.05) is 11.1 Å². The molecule has 0 saturated carbocycles. The van der Waals surface area contributed by atoms with Crippen molar-refractivity contribution < 1.29 is 4.79 Å². The van der Waals surface area contributed by atoms with Crippen LogP contribution in [0.1, 0.15) is 64.7 Å². The first-order chi connectivity index (χ1) is 7.84. The zero-order valence-electron chi connectivity index (χ0n) is 10.6. The van der Waals surface area contributed by atoms with Gasteiger partial charge >= 0.3 is 0 Å². The van der Waals surface area contributed by atoms with Crippen LogP contribution >= 0.6 is 0 Å². The number of carbonyl (C=O) groups is 1. The van der Waals surface area contributed by atoms with Gasteiger partial charge in [0.2, 0.25) is 5.91 Å². The normalized spacial score (nSPS) is 15.8. The Morgan fingerprint density at radius 3 is 2.50 bits per heavy atom. The van der Waals surface area contributed by atoms with Gasteiger partial charge in [-0.05, 0) is 12.8 Å². The molecule has 1 amide bonds. The number of amides is 1. The van der Waals surface area contributed by atoms with Gasteiger partial charge in [0.05, 0.1) is 0 Å². The average Bonchev–Trinajstić information content (AvgIpc) is 2.30. The smallest absolute Gasteiger partial charge is 0.226 e. The van der Waals surface area contributed by atoms with Crippen molar-refractivity contribution in [3.8, 4) is 0 Å². The second kappa shape index (κ2) is 8.37. The van der Waals surface area contributed by atoms with Crippen LogP contribution in [-0.4, -0.2) is 17.4 Å². The van der Waals surface area contributed by atoms with Crippen LogP contribution < -0.4 is 0 Å². The molecule has 2 heteroatoms. The fourth-order valence-electron chi connectivity index (χ4n) is 2.07. The minimum Gasteiger partial charge on any atom is -0.319 e. The third-order valence-electron chi connectivity index (χ3n) is 3.13. The Kier molecular flexibility index (Phi) is 6.95. The standard InChI is InChI=1S/C14H25NO/c1-2-3-4-5-6-7-9-12-15-13-10-8-11-14(15)16/h10,13H,2-9,11-12H2,1H3. The highest BCUT2D eigenvalue weighted by molar-refractivity contribution is 5.78. The summed E-state index contributed by atoms with van der Waals surface area (Å²) in [6.07, 6.45) is 14.8. The molecule has 0 fully saturated rings. The molecule has 0 aromatic rings. The number of nitrogens with zero attached hydrogens (tertiary/aromatic N) is 1. The highest BCUT2D eigenvalue weighted by Gasteiger charge is 2.12. The number of unbranched alkanes of at least 4 members (excludes halogenated alkanes) is 6. The second-order valence-electron chi connectivity index (χ2n) is 4.63. The molecule has 0 aliphatic carbocycles. The van der Waals surface area contributed by atoms with Gasteiger partial charge in [-0.15, -0.1) is 0 Å². The van der Waals surface area contributed by atoms with Crippen LogP contribution in [0.25, 0.3) is 0 Å². The molecule has 1 aliphatic heterocycles. The van der Waals surface area contributed by atoms with Gasteiger partial charge in [-0.1, -0.05) is 51.5 Å². The van der Waals surface area contributed by atoms with Crippen molar-refractivity contribution in [2.75, 3.05) is 6.54 Å². The van der Waals surface area contributed by atoms with Crippen molar-refractivity contribution in [3.05, 3.63) is 12.3 Å². The Labute approximate surface area is 99.7 Å². The topological polar surface area (TPSA) is 20.3 Å². The molecule has 0 aromatic heterocycles. The van der Waals surface area contributed by atoms with E-state index >= 15 is 0 Å². The molecule has 1 heterocycles. The van der Waals surface area contributed by atoms with Crippen molar-refractivity contribution in [2.24, 2.45) is 0 Å². The molecule has 2 nitrogen and oxygen atoms in total. The Balaban J connectivity index is 1.96. The maximum Gasteiger partial charge on any atom is 0.226 e. The molecule has 0 atom stereocenters. The van der Waals surface area contributed by atoms with Crippen molar-refractivity contribution >= 4 is 5.91 Å². The van der Waals surface area contributed by atoms with Crippen LogP contribution in [-0.2, 0) is 4.79 Å². The average molecular weight is 223 g/mol. The summed E-state index contributed by atoms with van der Waals surface area (Å²) in [6.45, 7) is 3.16. The lowest BCUT2D eigenvalue weighted by atomic mass is 10.1. The molecule has 0 N–H and O–H groups in total. The predicted octanol–water partition coefficient (Wildman–Crippen LogP) is 3.87. The van der Waals surface area contributed by atoms with Crippen LogP contribution in [0.4, 0.5) is 0 Å². The Hall–Kier alpha value is -0.790. The fraction of sp³-hybridized carbons (Fsp3) is 0.786. The predicted molar refractivity (Wildman–Crippen MR) is 68.1 cm³/mol. The fourth-order valence-corrected chi connectivity index (χ4v) is 2.07. The molecular weight excluding hydrogens is 198 g/mol. The maximum atomic E-state index is 11.5. The molecule has 16 heavy (non-hydrogen) atoms. The molecule has 0 spiro atoms. The summed E-state index contributed by atoms with van der Waals surface area (Å²) in [7, 11) is 0. The zero-order valence-corrected chi connectivity index (χ0v) is 10.6. The third-order valence-corrected chi connectivity index (χ3v) is 3.13. The van der Waals surface area contributed by atoms with Crippen LogP contribution in [0.15, 0.2) is 12.3 Å². The molecule has 1 rings (SSSR count). The lowest BCUT2D eigenvalue weighted by molar-refractivity contribution is -0.129. The summed E-state index contributed by atoms with van der Waals surface area (Å²) >= 11 is 0. The van der Waals surface area contributed by atoms with E-state index in [0.717, 1.165) is 19.4 Å². The highest BCUT2D eigenvalue weighted by Crippen LogP contribution is 2.11. The van der Waals surface area contributed by atoms with Gasteiger partial charge in [-0.3, -0.25) is 4.79 Å². The van der Waals surface area contributed by atoms with Gasteiger partial charge in [0.25, 0.3) is 0 Å². The van der Waals surface area contributed by atoms with Crippen molar-refractivity contribution in [3.63, 3.8) is 0 Å². The lowest BCUT2D eigenvalue weighted by Gasteiger charge is -2.21. The summed E-state index contributed by atoms with van der Waals surface area (Å²) in [5.41, 5.74) is 0. The largest absolute Gasteiger partial charge is 0.319 e. The van der Waals surface area contributed by atoms with Gasteiger partial charge < -0.3 is 4.90 Å². The van der Waals surface area contributed by atoms with Crippen molar-refractivity contribution in [1.82, 2.24) is 4.90 Å². The monoisotopic (exact) mass is 223 g/mol. The summed E-state index contributed by atoms with van der Waals surface area (Å²) in [5.74, 6) is 0.300. The SMILES string of the molecule is CCCCCCCCCN1C=CCCC1=O. The van der Waals surface area contributed by atoms with E-state index in [4.69, 9.17) is 0 Å². The Bertz CT molecular complexity index is 223. The van der Waals surface area contributed by atoms with E-state index < -0.39 is 0 Å². The molecule has 1 aliphatic rings. The van der Waals surface area contributed by atoms with E-state index in [9.17, 15) is 4.79 Å². The summed E-state index contributed by atoms with van der Waals surface area (Å²) in [4.78, 5) is 13.4. The number of hydrogen-bond donors (Lipinski definition) is 0. The third kappa shape index (κ3) is 5.34. The zero-order chi connectivity index (χ0) is 11.6. The quantitative estimate of drug-likeness (QED) is 0.572. The lowest BCUT2D eigenvalue weighted by Crippen LogP contribution is -2.28. The first-order valence-corrected chi connectivity index (χ1v) is 6.80. The molecule has 0 bridgehead atoms. The number of carbonyl (C=O) groups excluding carboxylic acids is 1. The highest BCUT2D eigenvalue weighted by atomic mass is 16.2. The first-order valence-electron chi connectivity index (χ1n) is 6.80. The minimum absolute atomic E-state index is 0.300. The molecular formula is C14H25NO. The minimum atomic E-state index is 0.300. The maximum absolute atomic E-state index is 11.5. The molecule has 92 valence electrons. The number of hydrogen-bond acceptors (Lipinski definition) is 1. The van der Waals surface area contributed by atoms with Crippen molar-refractivity contribution in [2.45, 2.75) is 64.7 Å². The molecule has 0 unspecified atom stereocenters. The van der Waals surface area contributed by atoms with Crippen LogP contribution in [0.5, 0.6) is 0 Å². The van der Waals surface area contributed by atoms with Gasteiger partial charge in [0, 0.05) is 19.2 Å². The molecule has 0 saturated heterocycles. The summed E-state index contributed by atoms with van der Waals surface area (Å²) in [6, 6.07) is 0. The molecule has 0 aromatic carbocycles. The Morgan fingerprint density at radius 1 is 1.12 bits per heavy atom. The van der Waals surface area contributed by atoms with Gasteiger partial charge in [0.1, 0.15) is 0 Å². The van der Waals surface area contributed by atoms with Gasteiger partial charge in [-0.2, -0.15) is 0 Å². The van der Waals surface area contributed by atoms with Gasteiger partial charge in [0.15, 0.2) is 0 Å². The van der Waals surface area contributed by atoms with E-state index in [2.05, 4.69) is 13.0 Å². The van der Waals surface area contributed by atoms with Crippen LogP contribution in [0.2, 0.25) is 0 Å².